The first-order valence-corrected chi connectivity index (χ1v) is 7.40. The summed E-state index contributed by atoms with van der Waals surface area (Å²) in [6.07, 6.45) is 1.29. The van der Waals surface area contributed by atoms with Crippen LogP contribution in [0.1, 0.15) is 15.2 Å². The van der Waals surface area contributed by atoms with Gasteiger partial charge in [0.15, 0.2) is 0 Å². The highest BCUT2D eigenvalue weighted by Gasteiger charge is 2.18. The number of carbonyl (C=O) groups excluding carboxylic acids is 1. The Labute approximate surface area is 132 Å². The third-order valence-electron chi connectivity index (χ3n) is 3.12. The predicted octanol–water partition coefficient (Wildman–Crippen LogP) is 3.34. The topological polar surface area (TPSA) is 74.8 Å². The summed E-state index contributed by atoms with van der Waals surface area (Å²) in [7, 11) is 0. The van der Waals surface area contributed by atoms with Crippen molar-refractivity contribution in [1.82, 2.24) is 9.97 Å². The fourth-order valence-electron chi connectivity index (χ4n) is 2.06. The molecule has 0 aliphatic heterocycles. The van der Waals surface area contributed by atoms with Crippen molar-refractivity contribution in [3.8, 4) is 0 Å². The molecule has 2 heterocycles. The van der Waals surface area contributed by atoms with Crippen LogP contribution in [0.5, 0.6) is 0 Å². The molecule has 3 rings (SSSR count). The Morgan fingerprint density at radius 3 is 2.91 bits per heavy atom. The molecule has 0 unspecified atom stereocenters. The summed E-state index contributed by atoms with van der Waals surface area (Å²) < 4.78 is 13.1. The first-order chi connectivity index (χ1) is 10.5. The minimum absolute atomic E-state index is 0.0797. The van der Waals surface area contributed by atoms with E-state index in [2.05, 4.69) is 15.3 Å². The first kappa shape index (κ1) is 14.7. The third kappa shape index (κ3) is 2.49. The maximum absolute atomic E-state index is 13.1. The molecule has 0 bridgehead atoms. The van der Waals surface area contributed by atoms with Crippen LogP contribution >= 0.6 is 22.9 Å². The number of carbonyl (C=O) groups is 1. The van der Waals surface area contributed by atoms with E-state index in [1.54, 1.807) is 6.92 Å². The fourth-order valence-corrected chi connectivity index (χ4v) is 3.28. The summed E-state index contributed by atoms with van der Waals surface area (Å²) in [6.45, 7) is 1.68. The highest BCUT2D eigenvalue weighted by molar-refractivity contribution is 7.20. The second kappa shape index (κ2) is 5.51. The number of anilines is 1. The van der Waals surface area contributed by atoms with E-state index in [4.69, 9.17) is 11.6 Å². The highest BCUT2D eigenvalue weighted by Crippen LogP contribution is 2.27. The van der Waals surface area contributed by atoms with Crippen molar-refractivity contribution in [2.45, 2.75) is 6.92 Å². The van der Waals surface area contributed by atoms with E-state index in [9.17, 15) is 14.0 Å². The van der Waals surface area contributed by atoms with E-state index in [1.807, 2.05) is 0 Å². The van der Waals surface area contributed by atoms with E-state index in [0.717, 1.165) is 11.3 Å². The van der Waals surface area contributed by atoms with Crippen molar-refractivity contribution in [1.29, 1.82) is 0 Å². The molecule has 112 valence electrons. The van der Waals surface area contributed by atoms with Crippen molar-refractivity contribution < 1.29 is 9.18 Å². The Morgan fingerprint density at radius 2 is 2.23 bits per heavy atom. The zero-order valence-corrected chi connectivity index (χ0v) is 12.8. The molecule has 0 spiro atoms. The average molecular weight is 338 g/mol. The number of hydrogen-bond acceptors (Lipinski definition) is 4. The fraction of sp³-hybridized carbons (Fsp3) is 0.0714. The molecule has 0 saturated heterocycles. The molecule has 1 aromatic carbocycles. The van der Waals surface area contributed by atoms with Gasteiger partial charge in [-0.3, -0.25) is 9.59 Å². The molecule has 3 aromatic rings. The normalized spacial score (nSPS) is 10.9. The van der Waals surface area contributed by atoms with Crippen molar-refractivity contribution in [2.75, 3.05) is 5.32 Å². The average Bonchev–Trinajstić information content (AvgIpc) is 2.81. The van der Waals surface area contributed by atoms with E-state index in [-0.39, 0.29) is 10.6 Å². The van der Waals surface area contributed by atoms with Crippen molar-refractivity contribution in [3.05, 3.63) is 56.2 Å². The minimum Gasteiger partial charge on any atom is -0.321 e. The van der Waals surface area contributed by atoms with Gasteiger partial charge in [-0.2, -0.15) is 0 Å². The number of thiophene rings is 1. The Bertz CT molecular complexity index is 951. The van der Waals surface area contributed by atoms with Crippen LogP contribution in [0.4, 0.5) is 10.1 Å². The number of rotatable bonds is 2. The van der Waals surface area contributed by atoms with Crippen LogP contribution in [0.25, 0.3) is 10.2 Å². The molecule has 22 heavy (non-hydrogen) atoms. The van der Waals surface area contributed by atoms with Gasteiger partial charge in [-0.1, -0.05) is 11.6 Å². The monoisotopic (exact) mass is 337 g/mol. The van der Waals surface area contributed by atoms with E-state index in [1.165, 1.54) is 24.5 Å². The van der Waals surface area contributed by atoms with Crippen molar-refractivity contribution >= 4 is 44.7 Å². The molecule has 0 radical (unpaired) electrons. The van der Waals surface area contributed by atoms with Gasteiger partial charge < -0.3 is 10.3 Å². The molecule has 0 aliphatic carbocycles. The quantitative estimate of drug-likeness (QED) is 0.753. The minimum atomic E-state index is -0.562. The SMILES string of the molecule is Cc1c(C(=O)Nc2ccc(F)c(Cl)c2)sc2nc[nH]c(=O)c12. The summed E-state index contributed by atoms with van der Waals surface area (Å²) >= 11 is 6.80. The van der Waals surface area contributed by atoms with Gasteiger partial charge in [0.1, 0.15) is 10.6 Å². The van der Waals surface area contributed by atoms with Gasteiger partial charge in [0.2, 0.25) is 0 Å². The molecule has 5 nitrogen and oxygen atoms in total. The van der Waals surface area contributed by atoms with Gasteiger partial charge >= 0.3 is 0 Å². The van der Waals surface area contributed by atoms with Gasteiger partial charge in [-0.05, 0) is 30.7 Å². The lowest BCUT2D eigenvalue weighted by Crippen LogP contribution is -2.12. The van der Waals surface area contributed by atoms with E-state index in [0.29, 0.717) is 26.3 Å². The van der Waals surface area contributed by atoms with Gasteiger partial charge in [-0.25, -0.2) is 9.37 Å². The number of hydrogen-bond donors (Lipinski definition) is 2. The van der Waals surface area contributed by atoms with Crippen LogP contribution in [0.15, 0.2) is 29.3 Å². The van der Waals surface area contributed by atoms with Crippen LogP contribution < -0.4 is 10.9 Å². The smallest absolute Gasteiger partial charge is 0.266 e. The molecular weight excluding hydrogens is 329 g/mol. The van der Waals surface area contributed by atoms with Gasteiger partial charge in [0.25, 0.3) is 11.5 Å². The molecule has 0 aliphatic rings. The maximum atomic E-state index is 13.1. The summed E-state index contributed by atoms with van der Waals surface area (Å²) in [5.74, 6) is -0.962. The number of benzene rings is 1. The molecule has 0 saturated carbocycles. The lowest BCUT2D eigenvalue weighted by atomic mass is 10.2. The van der Waals surface area contributed by atoms with Crippen LogP contribution in [-0.2, 0) is 0 Å². The number of aromatic amines is 1. The number of amides is 1. The number of nitrogens with zero attached hydrogens (tertiary/aromatic N) is 1. The Balaban J connectivity index is 1.99. The molecule has 8 heteroatoms. The summed E-state index contributed by atoms with van der Waals surface area (Å²) in [6, 6.07) is 3.90. The number of H-pyrrole nitrogens is 1. The Kier molecular flexibility index (Phi) is 3.67. The maximum Gasteiger partial charge on any atom is 0.266 e. The van der Waals surface area contributed by atoms with Gasteiger partial charge in [0, 0.05) is 5.69 Å². The molecular formula is C14H9ClFN3O2S. The van der Waals surface area contributed by atoms with Crippen LogP contribution in [0, 0.1) is 12.7 Å². The number of aryl methyl sites for hydroxylation is 1. The first-order valence-electron chi connectivity index (χ1n) is 6.20. The zero-order valence-electron chi connectivity index (χ0n) is 11.2. The zero-order chi connectivity index (χ0) is 15.9. The molecule has 2 aromatic heterocycles. The Morgan fingerprint density at radius 1 is 1.45 bits per heavy atom. The number of aromatic nitrogens is 2. The lowest BCUT2D eigenvalue weighted by molar-refractivity contribution is 0.103. The number of nitrogens with one attached hydrogen (secondary N) is 2. The summed E-state index contributed by atoms with van der Waals surface area (Å²) in [4.78, 5) is 31.5. The summed E-state index contributed by atoms with van der Waals surface area (Å²) in [5, 5.41) is 2.95. The van der Waals surface area contributed by atoms with Crippen LogP contribution in [-0.4, -0.2) is 15.9 Å². The second-order valence-corrected chi connectivity index (χ2v) is 5.96. The molecule has 2 N–H and O–H groups in total. The molecule has 0 fully saturated rings. The largest absolute Gasteiger partial charge is 0.321 e. The predicted molar refractivity (Wildman–Crippen MR) is 84.3 cm³/mol. The second-order valence-electron chi connectivity index (χ2n) is 4.55. The van der Waals surface area contributed by atoms with E-state index >= 15 is 0 Å². The van der Waals surface area contributed by atoms with Crippen LogP contribution in [0.3, 0.4) is 0 Å². The third-order valence-corrected chi connectivity index (χ3v) is 4.60. The number of halogens is 2. The molecule has 0 atom stereocenters. The molecule has 1 amide bonds. The van der Waals surface area contributed by atoms with Gasteiger partial charge in [0.05, 0.1) is 21.6 Å². The van der Waals surface area contributed by atoms with Gasteiger partial charge in [-0.15, -0.1) is 11.3 Å². The number of fused-ring (bicyclic) bond motifs is 1. The lowest BCUT2D eigenvalue weighted by Gasteiger charge is -2.05. The summed E-state index contributed by atoms with van der Waals surface area (Å²) in [5.41, 5.74) is 0.637. The highest BCUT2D eigenvalue weighted by atomic mass is 35.5. The van der Waals surface area contributed by atoms with E-state index < -0.39 is 11.7 Å². The standard InChI is InChI=1S/C14H9ClFN3O2S/c1-6-10-12(20)17-5-18-14(10)22-11(6)13(21)19-7-2-3-9(16)8(15)4-7/h2-5H,1H3,(H,19,21)(H,17,18,20). The van der Waals surface area contributed by atoms with Crippen molar-refractivity contribution in [2.24, 2.45) is 0 Å². The van der Waals surface area contributed by atoms with Crippen molar-refractivity contribution in [3.63, 3.8) is 0 Å². The van der Waals surface area contributed by atoms with Crippen LogP contribution in [0.2, 0.25) is 5.02 Å². The Hall–Kier alpha value is -2.25.